The first-order chi connectivity index (χ1) is 12.1. The summed E-state index contributed by atoms with van der Waals surface area (Å²) in [5.41, 5.74) is 2.74. The molecule has 0 aliphatic carbocycles. The molecule has 2 aromatic rings. The highest BCUT2D eigenvalue weighted by atomic mass is 16.1. The minimum absolute atomic E-state index is 0. The lowest BCUT2D eigenvalue weighted by atomic mass is 10.1. The van der Waals surface area contributed by atoms with E-state index in [1.54, 1.807) is 0 Å². The van der Waals surface area contributed by atoms with Gasteiger partial charge in [-0.1, -0.05) is 105 Å². The first-order valence-corrected chi connectivity index (χ1v) is 6.34. The summed E-state index contributed by atoms with van der Waals surface area (Å²) in [6, 6.07) is 21.1. The largest absolute Gasteiger partial charge is 0.231 e. The third kappa shape index (κ3) is 58.5. The fourth-order valence-corrected chi connectivity index (χ4v) is 1.43. The maximum atomic E-state index is 8.35. The topological polar surface area (TPSA) is 164 Å². The molecule has 2 rings (SSSR count). The Balaban J connectivity index is -0.0000000334. The van der Waals surface area contributed by atoms with Gasteiger partial charge >= 0.3 is 0 Å². The van der Waals surface area contributed by atoms with E-state index in [4.69, 9.17) is 40.8 Å². The van der Waals surface area contributed by atoms with E-state index in [0.29, 0.717) is 0 Å². The first-order valence-electron chi connectivity index (χ1n) is 6.34. The van der Waals surface area contributed by atoms with Crippen LogP contribution < -0.4 is 0 Å². The smallest absolute Gasteiger partial charge is 0.222 e. The van der Waals surface area contributed by atoms with Crippen molar-refractivity contribution in [1.29, 1.82) is 21.6 Å². The van der Waals surface area contributed by atoms with Crippen molar-refractivity contribution in [2.75, 3.05) is 0 Å². The second kappa shape index (κ2) is 56.2. The second-order valence-corrected chi connectivity index (χ2v) is 3.56. The highest BCUT2D eigenvalue weighted by Gasteiger charge is 1.92. The Kier molecular flexibility index (Phi) is 102. The van der Waals surface area contributed by atoms with Gasteiger partial charge < -0.3 is 0 Å². The lowest BCUT2D eigenvalue weighted by Gasteiger charge is -2.00. The van der Waals surface area contributed by atoms with Crippen LogP contribution in [-0.4, -0.2) is 24.3 Å². The number of hydrogen-bond acceptors (Lipinski definition) is 8. The molecule has 0 aromatic heterocycles. The number of isocyanates is 4. The van der Waals surface area contributed by atoms with Gasteiger partial charge in [0.15, 0.2) is 0 Å². The molecule has 4 N–H and O–H groups in total. The molecule has 176 valence electrons. The van der Waals surface area contributed by atoms with Crippen molar-refractivity contribution in [3.05, 3.63) is 71.8 Å². The summed E-state index contributed by atoms with van der Waals surface area (Å²) in [5.74, 6) is 0. The summed E-state index contributed by atoms with van der Waals surface area (Å²) in [5, 5.41) is 21.6. The summed E-state index contributed by atoms with van der Waals surface area (Å²) in [6.45, 7) is 0. The van der Waals surface area contributed by atoms with Gasteiger partial charge in [0.05, 0.1) is 0 Å². The van der Waals surface area contributed by atoms with Crippen molar-refractivity contribution in [1.82, 2.24) is 0 Å². The van der Waals surface area contributed by atoms with Crippen LogP contribution in [0.4, 0.5) is 0 Å². The molecule has 0 bridgehead atoms. The number of nitrogens with one attached hydrogen (secondary N) is 4. The predicted molar refractivity (Wildman–Crippen MR) is 130 cm³/mol. The molecule has 0 saturated heterocycles. The van der Waals surface area contributed by atoms with Crippen molar-refractivity contribution >= 4 is 24.3 Å². The molecule has 8 heteroatoms. The van der Waals surface area contributed by atoms with E-state index in [2.05, 4.69) is 60.7 Å². The van der Waals surface area contributed by atoms with Crippen molar-refractivity contribution < 1.29 is 19.2 Å². The molecule has 2 aromatic carbocycles. The van der Waals surface area contributed by atoms with Gasteiger partial charge in [-0.15, -0.1) is 0 Å². The first kappa shape index (κ1) is 56.3. The molecule has 0 unspecified atom stereocenters. The standard InChI is InChI=1S/C13H12.4CHNO.6CH4/c1-3-7-12(8-4-1)11-13-9-5-2-6-10-13;4*2-1-3;;;;;;/h1-10H,11H2;4*2H;6*1H4. The monoisotopic (exact) mass is 436 g/mol. The molecule has 31 heavy (non-hydrogen) atoms. The van der Waals surface area contributed by atoms with E-state index in [1.165, 1.54) is 11.1 Å². The van der Waals surface area contributed by atoms with Gasteiger partial charge in [-0.05, 0) is 17.5 Å². The molecule has 8 nitrogen and oxygen atoms in total. The molecular formula is C23H40N4O4. The van der Waals surface area contributed by atoms with Gasteiger partial charge in [0, 0.05) is 0 Å². The summed E-state index contributed by atoms with van der Waals surface area (Å²) >= 11 is 0. The van der Waals surface area contributed by atoms with Crippen LogP contribution >= 0.6 is 0 Å². The molecule has 0 radical (unpaired) electrons. The Morgan fingerprint density at radius 1 is 0.452 bits per heavy atom. The zero-order chi connectivity index (χ0) is 19.8. The second-order valence-electron chi connectivity index (χ2n) is 3.56. The highest BCUT2D eigenvalue weighted by molar-refractivity contribution is 5.27. The maximum absolute atomic E-state index is 8.35. The van der Waals surface area contributed by atoms with Crippen molar-refractivity contribution in [2.24, 2.45) is 0 Å². The van der Waals surface area contributed by atoms with E-state index >= 15 is 0 Å². The summed E-state index contributed by atoms with van der Waals surface area (Å²) in [4.78, 5) is 33.4. The van der Waals surface area contributed by atoms with Gasteiger partial charge in [0.1, 0.15) is 0 Å². The van der Waals surface area contributed by atoms with E-state index in [0.717, 1.165) is 30.7 Å². The third-order valence-electron chi connectivity index (χ3n) is 2.09. The summed E-state index contributed by atoms with van der Waals surface area (Å²) in [7, 11) is 0. The molecule has 0 spiro atoms. The SMILES string of the molecule is C.C.C.C.C.C.N=C=O.N=C=O.N=C=O.N=C=O.c1ccc(Cc2ccccc2)cc1. The van der Waals surface area contributed by atoms with Gasteiger partial charge in [-0.3, -0.25) is 0 Å². The zero-order valence-corrected chi connectivity index (χ0v) is 13.1. The van der Waals surface area contributed by atoms with Crippen LogP contribution in [-0.2, 0) is 25.6 Å². The Bertz CT molecular complexity index is 597. The van der Waals surface area contributed by atoms with Crippen LogP contribution in [0, 0.1) is 21.6 Å². The van der Waals surface area contributed by atoms with Gasteiger partial charge in [0.2, 0.25) is 24.3 Å². The highest BCUT2D eigenvalue weighted by Crippen LogP contribution is 2.07. The van der Waals surface area contributed by atoms with Crippen LogP contribution in [0.25, 0.3) is 0 Å². The fourth-order valence-electron chi connectivity index (χ4n) is 1.43. The van der Waals surface area contributed by atoms with Crippen LogP contribution in [0.3, 0.4) is 0 Å². The summed E-state index contributed by atoms with van der Waals surface area (Å²) < 4.78 is 0. The third-order valence-corrected chi connectivity index (χ3v) is 2.09. The quantitative estimate of drug-likeness (QED) is 0.304. The van der Waals surface area contributed by atoms with Crippen LogP contribution in [0.2, 0.25) is 0 Å². The molecule has 0 heterocycles. The van der Waals surface area contributed by atoms with Crippen molar-refractivity contribution in [3.63, 3.8) is 0 Å². The van der Waals surface area contributed by atoms with E-state index in [1.807, 2.05) is 0 Å². The van der Waals surface area contributed by atoms with Crippen molar-refractivity contribution in [2.45, 2.75) is 51.0 Å². The molecule has 0 amide bonds. The van der Waals surface area contributed by atoms with Gasteiger partial charge in [-0.2, -0.15) is 0 Å². The van der Waals surface area contributed by atoms with Gasteiger partial charge in [-0.25, -0.2) is 40.8 Å². The van der Waals surface area contributed by atoms with E-state index < -0.39 is 0 Å². The molecule has 0 aliphatic rings. The minimum Gasteiger partial charge on any atom is -0.222 e. The molecule has 0 saturated carbocycles. The fraction of sp³-hybridized carbons (Fsp3) is 0.304. The number of benzene rings is 2. The molecule has 0 fully saturated rings. The summed E-state index contributed by atoms with van der Waals surface area (Å²) in [6.07, 6.45) is 4.03. The Morgan fingerprint density at radius 2 is 0.613 bits per heavy atom. The van der Waals surface area contributed by atoms with Crippen LogP contribution in [0.5, 0.6) is 0 Å². The molecule has 0 aliphatic heterocycles. The Labute approximate surface area is 188 Å². The molecular weight excluding hydrogens is 396 g/mol. The normalized spacial score (nSPS) is 5.16. The van der Waals surface area contributed by atoms with E-state index in [9.17, 15) is 0 Å². The average Bonchev–Trinajstić information content (AvgIpc) is 2.60. The Morgan fingerprint density at radius 3 is 0.774 bits per heavy atom. The van der Waals surface area contributed by atoms with Crippen LogP contribution in [0.15, 0.2) is 60.7 Å². The average molecular weight is 437 g/mol. The minimum atomic E-state index is 0. The lowest BCUT2D eigenvalue weighted by Crippen LogP contribution is -1.85. The maximum Gasteiger partial charge on any atom is 0.231 e. The lowest BCUT2D eigenvalue weighted by molar-refractivity contribution is 0.562. The molecule has 0 atom stereocenters. The van der Waals surface area contributed by atoms with Gasteiger partial charge in [0.25, 0.3) is 0 Å². The number of rotatable bonds is 2. The van der Waals surface area contributed by atoms with Crippen molar-refractivity contribution in [3.8, 4) is 0 Å². The Hall–Kier alpha value is -4.04. The zero-order valence-electron chi connectivity index (χ0n) is 13.1. The number of hydrogen-bond donors (Lipinski definition) is 4. The van der Waals surface area contributed by atoms with E-state index in [-0.39, 0.29) is 44.6 Å². The number of carbonyl (C=O) groups excluding carboxylic acids is 4. The van der Waals surface area contributed by atoms with Crippen LogP contribution in [0.1, 0.15) is 55.7 Å². The predicted octanol–water partition coefficient (Wildman–Crippen LogP) is 6.70.